The van der Waals surface area contributed by atoms with Gasteiger partial charge in [-0.15, -0.1) is 0 Å². The standard InChI is InChI=1S/C11H11ClN4O/c12-8-5-14-16(6-8)7-11(17)15-10-3-1-2-9(13)4-10/h1-6H,7,13H2,(H,15,17). The third-order valence-electron chi connectivity index (χ3n) is 2.08. The molecule has 0 radical (unpaired) electrons. The normalized spacial score (nSPS) is 10.2. The minimum absolute atomic E-state index is 0.113. The van der Waals surface area contributed by atoms with Gasteiger partial charge in [0.25, 0.3) is 0 Å². The molecule has 0 fully saturated rings. The van der Waals surface area contributed by atoms with Crippen LogP contribution in [0.4, 0.5) is 11.4 Å². The number of hydrogen-bond donors (Lipinski definition) is 2. The number of halogens is 1. The van der Waals surface area contributed by atoms with Gasteiger partial charge in [0.2, 0.25) is 5.91 Å². The Hall–Kier alpha value is -2.01. The molecule has 0 aliphatic heterocycles. The average molecular weight is 251 g/mol. The third-order valence-corrected chi connectivity index (χ3v) is 2.27. The summed E-state index contributed by atoms with van der Waals surface area (Å²) in [4.78, 5) is 11.6. The van der Waals surface area contributed by atoms with Crippen LogP contribution in [0.3, 0.4) is 0 Å². The molecule has 3 N–H and O–H groups in total. The second-order valence-electron chi connectivity index (χ2n) is 3.53. The summed E-state index contributed by atoms with van der Waals surface area (Å²) in [7, 11) is 0. The van der Waals surface area contributed by atoms with Crippen molar-refractivity contribution in [1.82, 2.24) is 9.78 Å². The highest BCUT2D eigenvalue weighted by atomic mass is 35.5. The maximum absolute atomic E-state index is 11.6. The number of benzene rings is 1. The first-order valence-corrected chi connectivity index (χ1v) is 5.34. The molecule has 1 aromatic carbocycles. The second kappa shape index (κ2) is 4.88. The highest BCUT2D eigenvalue weighted by Gasteiger charge is 2.04. The van der Waals surface area contributed by atoms with E-state index in [-0.39, 0.29) is 12.5 Å². The first kappa shape index (κ1) is 11.5. The molecule has 1 heterocycles. The van der Waals surface area contributed by atoms with E-state index < -0.39 is 0 Å². The van der Waals surface area contributed by atoms with Crippen LogP contribution < -0.4 is 11.1 Å². The van der Waals surface area contributed by atoms with E-state index in [0.29, 0.717) is 16.4 Å². The fourth-order valence-electron chi connectivity index (χ4n) is 1.39. The third kappa shape index (κ3) is 3.22. The van der Waals surface area contributed by atoms with Crippen molar-refractivity contribution in [2.24, 2.45) is 0 Å². The van der Waals surface area contributed by atoms with Crippen LogP contribution in [0.2, 0.25) is 5.02 Å². The van der Waals surface area contributed by atoms with Gasteiger partial charge in [0.05, 0.1) is 11.2 Å². The maximum Gasteiger partial charge on any atom is 0.246 e. The molecule has 0 aliphatic carbocycles. The van der Waals surface area contributed by atoms with Crippen LogP contribution in [0.1, 0.15) is 0 Å². The molecule has 2 rings (SSSR count). The Morgan fingerprint density at radius 2 is 2.35 bits per heavy atom. The van der Waals surface area contributed by atoms with Gasteiger partial charge in [0.1, 0.15) is 6.54 Å². The van der Waals surface area contributed by atoms with Crippen LogP contribution >= 0.6 is 11.6 Å². The van der Waals surface area contributed by atoms with Gasteiger partial charge in [-0.3, -0.25) is 9.48 Å². The molecule has 0 aliphatic rings. The van der Waals surface area contributed by atoms with E-state index in [1.54, 1.807) is 30.5 Å². The molecule has 0 unspecified atom stereocenters. The monoisotopic (exact) mass is 250 g/mol. The van der Waals surface area contributed by atoms with Crippen LogP contribution in [0.5, 0.6) is 0 Å². The van der Waals surface area contributed by atoms with Crippen molar-refractivity contribution in [2.75, 3.05) is 11.1 Å². The van der Waals surface area contributed by atoms with Crippen LogP contribution in [0.25, 0.3) is 0 Å². The number of nitrogens with zero attached hydrogens (tertiary/aromatic N) is 2. The summed E-state index contributed by atoms with van der Waals surface area (Å²) >= 11 is 5.69. The number of nitrogens with two attached hydrogens (primary N) is 1. The number of nitrogens with one attached hydrogen (secondary N) is 1. The van der Waals surface area contributed by atoms with Gasteiger partial charge in [-0.2, -0.15) is 5.10 Å². The zero-order valence-electron chi connectivity index (χ0n) is 8.93. The van der Waals surface area contributed by atoms with E-state index >= 15 is 0 Å². The lowest BCUT2D eigenvalue weighted by Gasteiger charge is -2.05. The smallest absolute Gasteiger partial charge is 0.246 e. The predicted octanol–water partition coefficient (Wildman–Crippen LogP) is 1.76. The zero-order valence-corrected chi connectivity index (χ0v) is 9.69. The summed E-state index contributed by atoms with van der Waals surface area (Å²) in [5.41, 5.74) is 6.87. The average Bonchev–Trinajstić information content (AvgIpc) is 2.63. The van der Waals surface area contributed by atoms with Crippen LogP contribution in [-0.4, -0.2) is 15.7 Å². The summed E-state index contributed by atoms with van der Waals surface area (Å²) in [5, 5.41) is 7.13. The van der Waals surface area contributed by atoms with Gasteiger partial charge in [-0.25, -0.2) is 0 Å². The Bertz CT molecular complexity index is 538. The van der Waals surface area contributed by atoms with Gasteiger partial charge in [-0.1, -0.05) is 17.7 Å². The number of rotatable bonds is 3. The van der Waals surface area contributed by atoms with Crippen LogP contribution in [0, 0.1) is 0 Å². The Morgan fingerprint density at radius 1 is 1.53 bits per heavy atom. The minimum atomic E-state index is -0.185. The van der Waals surface area contributed by atoms with Gasteiger partial charge in [-0.05, 0) is 18.2 Å². The van der Waals surface area contributed by atoms with E-state index in [2.05, 4.69) is 10.4 Å². The summed E-state index contributed by atoms with van der Waals surface area (Å²) < 4.78 is 1.46. The SMILES string of the molecule is Nc1cccc(NC(=O)Cn2cc(Cl)cn2)c1. The molecule has 1 amide bonds. The molecule has 0 spiro atoms. The Labute approximate surface area is 103 Å². The summed E-state index contributed by atoms with van der Waals surface area (Å²) in [6.07, 6.45) is 3.07. The van der Waals surface area contributed by atoms with Crippen molar-refractivity contribution in [2.45, 2.75) is 6.54 Å². The van der Waals surface area contributed by atoms with E-state index in [1.807, 2.05) is 0 Å². The fourth-order valence-corrected chi connectivity index (χ4v) is 1.55. The van der Waals surface area contributed by atoms with Gasteiger partial charge in [0.15, 0.2) is 0 Å². The topological polar surface area (TPSA) is 72.9 Å². The van der Waals surface area contributed by atoms with E-state index in [9.17, 15) is 4.79 Å². The lowest BCUT2D eigenvalue weighted by Crippen LogP contribution is -2.18. The number of hydrogen-bond acceptors (Lipinski definition) is 3. The van der Waals surface area contributed by atoms with E-state index in [0.717, 1.165) is 0 Å². The summed E-state index contributed by atoms with van der Waals surface area (Å²) in [6.45, 7) is 0.113. The number of anilines is 2. The van der Waals surface area contributed by atoms with Crippen molar-refractivity contribution in [3.05, 3.63) is 41.7 Å². The molecule has 1 aromatic heterocycles. The van der Waals surface area contributed by atoms with E-state index in [1.165, 1.54) is 10.9 Å². The van der Waals surface area contributed by atoms with E-state index in [4.69, 9.17) is 17.3 Å². The molecule has 0 saturated carbocycles. The summed E-state index contributed by atoms with van der Waals surface area (Å²) in [5.74, 6) is -0.185. The first-order chi connectivity index (χ1) is 8.13. The van der Waals surface area contributed by atoms with Crippen molar-refractivity contribution in [1.29, 1.82) is 0 Å². The second-order valence-corrected chi connectivity index (χ2v) is 3.97. The number of carbonyl (C=O) groups excluding carboxylic acids is 1. The maximum atomic E-state index is 11.6. The number of nitrogen functional groups attached to an aromatic ring is 1. The molecule has 88 valence electrons. The molecule has 0 atom stereocenters. The van der Waals surface area contributed by atoms with Gasteiger partial charge < -0.3 is 11.1 Å². The molecular weight excluding hydrogens is 240 g/mol. The fraction of sp³-hybridized carbons (Fsp3) is 0.0909. The molecular formula is C11H11ClN4O. The molecule has 17 heavy (non-hydrogen) atoms. The summed E-state index contributed by atoms with van der Waals surface area (Å²) in [6, 6.07) is 6.98. The van der Waals surface area contributed by atoms with Crippen molar-refractivity contribution in [3.8, 4) is 0 Å². The highest BCUT2D eigenvalue weighted by molar-refractivity contribution is 6.30. The molecule has 0 saturated heterocycles. The van der Waals surface area contributed by atoms with Crippen LogP contribution in [0.15, 0.2) is 36.7 Å². The number of amides is 1. The molecule has 6 heteroatoms. The Morgan fingerprint density at radius 3 is 3.00 bits per heavy atom. The Balaban J connectivity index is 1.98. The molecule has 5 nitrogen and oxygen atoms in total. The predicted molar refractivity (Wildman–Crippen MR) is 66.7 cm³/mol. The van der Waals surface area contributed by atoms with Crippen molar-refractivity contribution >= 4 is 28.9 Å². The molecule has 0 bridgehead atoms. The first-order valence-electron chi connectivity index (χ1n) is 4.97. The highest BCUT2D eigenvalue weighted by Crippen LogP contribution is 2.12. The van der Waals surface area contributed by atoms with Crippen molar-refractivity contribution < 1.29 is 4.79 Å². The Kier molecular flexibility index (Phi) is 3.30. The number of carbonyl (C=O) groups is 1. The number of aromatic nitrogens is 2. The van der Waals surface area contributed by atoms with Crippen LogP contribution in [-0.2, 0) is 11.3 Å². The van der Waals surface area contributed by atoms with Gasteiger partial charge in [0, 0.05) is 17.6 Å². The minimum Gasteiger partial charge on any atom is -0.399 e. The largest absolute Gasteiger partial charge is 0.399 e. The van der Waals surface area contributed by atoms with Crippen molar-refractivity contribution in [3.63, 3.8) is 0 Å². The van der Waals surface area contributed by atoms with Gasteiger partial charge >= 0.3 is 0 Å². The lowest BCUT2D eigenvalue weighted by atomic mass is 10.3. The quantitative estimate of drug-likeness (QED) is 0.816. The zero-order chi connectivity index (χ0) is 12.3. The lowest BCUT2D eigenvalue weighted by molar-refractivity contribution is -0.116. The molecule has 2 aromatic rings.